The molecule has 3 rings (SSSR count). The number of anilines is 2. The Morgan fingerprint density at radius 1 is 1.13 bits per heavy atom. The van der Waals surface area contributed by atoms with Gasteiger partial charge in [0.15, 0.2) is 11.5 Å². The zero-order chi connectivity index (χ0) is 16.4. The van der Waals surface area contributed by atoms with Crippen molar-refractivity contribution >= 4 is 38.6 Å². The van der Waals surface area contributed by atoms with Crippen molar-refractivity contribution in [3.05, 3.63) is 36.9 Å². The molecule has 1 amide bonds. The molecule has 0 atom stereocenters. The van der Waals surface area contributed by atoms with Crippen LogP contribution in [0.25, 0.3) is 11.2 Å². The fourth-order valence-corrected chi connectivity index (χ4v) is 2.95. The minimum Gasteiger partial charge on any atom is -0.340 e. The summed E-state index contributed by atoms with van der Waals surface area (Å²) >= 11 is 0. The molecule has 2 heterocycles. The van der Waals surface area contributed by atoms with Crippen LogP contribution < -0.4 is 10.0 Å². The Morgan fingerprint density at radius 3 is 2.57 bits per heavy atom. The van der Waals surface area contributed by atoms with Crippen molar-refractivity contribution in [2.75, 3.05) is 5.32 Å². The van der Waals surface area contributed by atoms with Crippen LogP contribution in [0, 0.1) is 0 Å². The number of nitrogens with zero attached hydrogens (tertiary/aromatic N) is 3. The summed E-state index contributed by atoms with van der Waals surface area (Å²) in [7, 11) is -3.84. The van der Waals surface area contributed by atoms with Gasteiger partial charge in [0.2, 0.25) is 5.91 Å². The second kappa shape index (κ2) is 5.65. The van der Waals surface area contributed by atoms with E-state index in [4.69, 9.17) is 0 Å². The summed E-state index contributed by atoms with van der Waals surface area (Å²) in [6, 6.07) is 5.91. The number of imidazole rings is 1. The quantitative estimate of drug-likeness (QED) is 0.647. The van der Waals surface area contributed by atoms with Crippen molar-refractivity contribution in [3.8, 4) is 0 Å². The summed E-state index contributed by atoms with van der Waals surface area (Å²) in [6.07, 6.45) is 2.88. The zero-order valence-electron chi connectivity index (χ0n) is 11.9. The van der Waals surface area contributed by atoms with Crippen molar-refractivity contribution in [2.24, 2.45) is 0 Å². The number of hydrogen-bond acceptors (Lipinski definition) is 7. The van der Waals surface area contributed by atoms with Crippen LogP contribution in [0.5, 0.6) is 0 Å². The number of carbonyl (C=O) groups excluding carboxylic acids is 1. The van der Waals surface area contributed by atoms with Gasteiger partial charge >= 0.3 is 0 Å². The standard InChI is InChI=1S/C13H12N6O3S/c1-8(20)19-23(21,22)10-4-2-9(3-5-10)18-13-11-12(15-6-14-11)16-7-17-13/h2-7H,1H3,(H,19,20)(H2,14,15,16,17,18). The smallest absolute Gasteiger partial charge is 0.264 e. The minimum absolute atomic E-state index is 0.00683. The molecule has 118 valence electrons. The zero-order valence-corrected chi connectivity index (χ0v) is 12.8. The van der Waals surface area contributed by atoms with E-state index in [0.717, 1.165) is 6.92 Å². The van der Waals surface area contributed by atoms with E-state index in [2.05, 4.69) is 25.3 Å². The van der Waals surface area contributed by atoms with E-state index in [1.807, 2.05) is 4.72 Å². The second-order valence-electron chi connectivity index (χ2n) is 4.63. The van der Waals surface area contributed by atoms with Gasteiger partial charge in [-0.3, -0.25) is 4.79 Å². The number of aromatic amines is 1. The first-order chi connectivity index (χ1) is 11.0. The fourth-order valence-electron chi connectivity index (χ4n) is 1.96. The maximum Gasteiger partial charge on any atom is 0.264 e. The van der Waals surface area contributed by atoms with Gasteiger partial charge in [0, 0.05) is 12.6 Å². The van der Waals surface area contributed by atoms with Crippen molar-refractivity contribution in [1.82, 2.24) is 24.7 Å². The molecular weight excluding hydrogens is 320 g/mol. The van der Waals surface area contributed by atoms with E-state index in [1.165, 1.54) is 24.8 Å². The maximum absolute atomic E-state index is 11.9. The monoisotopic (exact) mass is 332 g/mol. The Hall–Kier alpha value is -3.01. The van der Waals surface area contributed by atoms with Gasteiger partial charge < -0.3 is 10.3 Å². The number of amides is 1. The number of benzene rings is 1. The molecule has 3 aromatic rings. The molecule has 0 spiro atoms. The average Bonchev–Trinajstić information content (AvgIpc) is 2.96. The molecule has 3 N–H and O–H groups in total. The largest absolute Gasteiger partial charge is 0.340 e. The van der Waals surface area contributed by atoms with E-state index < -0.39 is 15.9 Å². The first-order valence-electron chi connectivity index (χ1n) is 6.50. The van der Waals surface area contributed by atoms with Gasteiger partial charge in [-0.15, -0.1) is 0 Å². The number of fused-ring (bicyclic) bond motifs is 1. The van der Waals surface area contributed by atoms with E-state index in [9.17, 15) is 13.2 Å². The minimum atomic E-state index is -3.84. The molecule has 0 radical (unpaired) electrons. The summed E-state index contributed by atoms with van der Waals surface area (Å²) in [6.45, 7) is 1.14. The van der Waals surface area contributed by atoms with Gasteiger partial charge in [0.25, 0.3) is 10.0 Å². The molecule has 0 fully saturated rings. The summed E-state index contributed by atoms with van der Waals surface area (Å²) in [5, 5.41) is 3.05. The molecule has 23 heavy (non-hydrogen) atoms. The molecule has 0 saturated carbocycles. The molecule has 0 unspecified atom stereocenters. The Bertz CT molecular complexity index is 965. The number of H-pyrrole nitrogens is 1. The highest BCUT2D eigenvalue weighted by atomic mass is 32.2. The van der Waals surface area contributed by atoms with Crippen LogP contribution in [0.2, 0.25) is 0 Å². The first kappa shape index (κ1) is 14.9. The predicted molar refractivity (Wildman–Crippen MR) is 82.4 cm³/mol. The number of hydrogen-bond donors (Lipinski definition) is 3. The second-order valence-corrected chi connectivity index (χ2v) is 6.32. The van der Waals surface area contributed by atoms with Gasteiger partial charge in [-0.05, 0) is 24.3 Å². The molecule has 0 aliphatic carbocycles. The van der Waals surface area contributed by atoms with E-state index in [0.29, 0.717) is 22.7 Å². The third kappa shape index (κ3) is 3.11. The predicted octanol–water partition coefficient (Wildman–Crippen LogP) is 0.921. The van der Waals surface area contributed by atoms with Gasteiger partial charge in [0.05, 0.1) is 11.2 Å². The van der Waals surface area contributed by atoms with Gasteiger partial charge in [0.1, 0.15) is 11.8 Å². The SMILES string of the molecule is CC(=O)NS(=O)(=O)c1ccc(Nc2ncnc3nc[nH]c23)cc1. The number of rotatable bonds is 4. The average molecular weight is 332 g/mol. The molecule has 0 aliphatic rings. The van der Waals surface area contributed by atoms with Crippen LogP contribution in [-0.2, 0) is 14.8 Å². The van der Waals surface area contributed by atoms with Crippen LogP contribution in [0.3, 0.4) is 0 Å². The van der Waals surface area contributed by atoms with Gasteiger partial charge in [-0.2, -0.15) is 0 Å². The van der Waals surface area contributed by atoms with Crippen molar-refractivity contribution in [3.63, 3.8) is 0 Å². The summed E-state index contributed by atoms with van der Waals surface area (Å²) in [4.78, 5) is 26.0. The highest BCUT2D eigenvalue weighted by Gasteiger charge is 2.15. The molecule has 1 aromatic carbocycles. The van der Waals surface area contributed by atoms with E-state index in [-0.39, 0.29) is 4.90 Å². The molecule has 0 saturated heterocycles. The lowest BCUT2D eigenvalue weighted by atomic mass is 10.3. The Morgan fingerprint density at radius 2 is 1.87 bits per heavy atom. The number of aromatic nitrogens is 4. The first-order valence-corrected chi connectivity index (χ1v) is 7.98. The molecule has 0 aliphatic heterocycles. The molecule has 2 aromatic heterocycles. The van der Waals surface area contributed by atoms with Crippen molar-refractivity contribution in [1.29, 1.82) is 0 Å². The number of nitrogens with one attached hydrogen (secondary N) is 3. The van der Waals surface area contributed by atoms with Crippen molar-refractivity contribution in [2.45, 2.75) is 11.8 Å². The van der Waals surface area contributed by atoms with Crippen LogP contribution in [-0.4, -0.2) is 34.3 Å². The summed E-state index contributed by atoms with van der Waals surface area (Å²) < 4.78 is 25.6. The van der Waals surface area contributed by atoms with Crippen LogP contribution in [0.4, 0.5) is 11.5 Å². The van der Waals surface area contributed by atoms with Gasteiger partial charge in [-0.25, -0.2) is 28.1 Å². The highest BCUT2D eigenvalue weighted by molar-refractivity contribution is 7.90. The number of carbonyl (C=O) groups is 1. The fraction of sp³-hybridized carbons (Fsp3) is 0.0769. The van der Waals surface area contributed by atoms with E-state index >= 15 is 0 Å². The highest BCUT2D eigenvalue weighted by Crippen LogP contribution is 2.21. The normalized spacial score (nSPS) is 11.3. The lowest BCUT2D eigenvalue weighted by molar-refractivity contribution is -0.117. The Balaban J connectivity index is 1.86. The van der Waals surface area contributed by atoms with Gasteiger partial charge in [-0.1, -0.05) is 0 Å². The molecule has 0 bridgehead atoms. The third-order valence-electron chi connectivity index (χ3n) is 2.93. The molecule has 10 heteroatoms. The third-order valence-corrected chi connectivity index (χ3v) is 4.38. The molecule has 9 nitrogen and oxygen atoms in total. The maximum atomic E-state index is 11.9. The topological polar surface area (TPSA) is 130 Å². The lowest BCUT2D eigenvalue weighted by Crippen LogP contribution is -2.28. The van der Waals surface area contributed by atoms with Crippen LogP contribution in [0.15, 0.2) is 41.8 Å². The van der Waals surface area contributed by atoms with Crippen LogP contribution in [0.1, 0.15) is 6.92 Å². The Labute approximate surface area is 131 Å². The Kier molecular flexibility index (Phi) is 3.66. The van der Waals surface area contributed by atoms with Crippen LogP contribution >= 0.6 is 0 Å². The number of sulfonamides is 1. The summed E-state index contributed by atoms with van der Waals surface area (Å²) in [5.74, 6) is -0.125. The molecular formula is C13H12N6O3S. The lowest BCUT2D eigenvalue weighted by Gasteiger charge is -2.08. The van der Waals surface area contributed by atoms with E-state index in [1.54, 1.807) is 12.1 Å². The summed E-state index contributed by atoms with van der Waals surface area (Å²) in [5.41, 5.74) is 1.79. The van der Waals surface area contributed by atoms with Crippen molar-refractivity contribution < 1.29 is 13.2 Å².